The molecule has 1 unspecified atom stereocenters. The molecule has 1 aliphatic heterocycles. The normalized spacial score (nSPS) is 23.8. The molecule has 1 N–H and O–H groups in total. The molecule has 0 spiro atoms. The third-order valence-corrected chi connectivity index (χ3v) is 3.81. The Morgan fingerprint density at radius 3 is 2.47 bits per heavy atom. The summed E-state index contributed by atoms with van der Waals surface area (Å²) in [5, 5.41) is 9.76. The number of aryl methyl sites for hydroxylation is 1. The lowest BCUT2D eigenvalue weighted by atomic mass is 9.88. The lowest BCUT2D eigenvalue weighted by molar-refractivity contribution is 0.107. The number of piperidine rings is 1. The van der Waals surface area contributed by atoms with E-state index in [0.717, 1.165) is 25.8 Å². The SMILES string of the molecule is CCc1ccc(N2CCC(O)CC2(C)C)cc1. The lowest BCUT2D eigenvalue weighted by Crippen LogP contribution is -2.51. The zero-order valence-corrected chi connectivity index (χ0v) is 11.1. The molecule has 0 bridgehead atoms. The maximum atomic E-state index is 9.76. The monoisotopic (exact) mass is 233 g/mol. The van der Waals surface area contributed by atoms with Crippen molar-refractivity contribution in [2.45, 2.75) is 51.7 Å². The largest absolute Gasteiger partial charge is 0.393 e. The van der Waals surface area contributed by atoms with Crippen LogP contribution in [0.5, 0.6) is 0 Å². The molecular weight excluding hydrogens is 210 g/mol. The highest BCUT2D eigenvalue weighted by atomic mass is 16.3. The third-order valence-electron chi connectivity index (χ3n) is 3.81. The minimum absolute atomic E-state index is 0.0470. The molecule has 1 aromatic carbocycles. The molecule has 0 aromatic heterocycles. The molecule has 1 fully saturated rings. The van der Waals surface area contributed by atoms with Gasteiger partial charge in [-0.1, -0.05) is 19.1 Å². The van der Waals surface area contributed by atoms with E-state index in [-0.39, 0.29) is 11.6 Å². The van der Waals surface area contributed by atoms with Crippen molar-refractivity contribution in [1.29, 1.82) is 0 Å². The number of benzene rings is 1. The van der Waals surface area contributed by atoms with E-state index in [4.69, 9.17) is 0 Å². The van der Waals surface area contributed by atoms with Gasteiger partial charge in [-0.2, -0.15) is 0 Å². The van der Waals surface area contributed by atoms with Gasteiger partial charge in [-0.05, 0) is 50.8 Å². The second-order valence-corrected chi connectivity index (χ2v) is 5.63. The minimum atomic E-state index is -0.142. The Balaban J connectivity index is 2.20. The highest BCUT2D eigenvalue weighted by molar-refractivity contribution is 5.50. The average molecular weight is 233 g/mol. The van der Waals surface area contributed by atoms with Crippen LogP contribution in [-0.4, -0.2) is 23.3 Å². The predicted molar refractivity (Wildman–Crippen MR) is 72.5 cm³/mol. The van der Waals surface area contributed by atoms with Crippen LogP contribution in [0.4, 0.5) is 5.69 Å². The maximum absolute atomic E-state index is 9.76. The van der Waals surface area contributed by atoms with Gasteiger partial charge >= 0.3 is 0 Å². The molecule has 0 amide bonds. The fourth-order valence-electron chi connectivity index (χ4n) is 2.76. The molecule has 1 heterocycles. The second-order valence-electron chi connectivity index (χ2n) is 5.63. The highest BCUT2D eigenvalue weighted by Crippen LogP contribution is 2.32. The molecular formula is C15H23NO. The van der Waals surface area contributed by atoms with Gasteiger partial charge in [0.2, 0.25) is 0 Å². The fraction of sp³-hybridized carbons (Fsp3) is 0.600. The quantitative estimate of drug-likeness (QED) is 0.849. The Morgan fingerprint density at radius 1 is 1.29 bits per heavy atom. The number of aliphatic hydroxyl groups is 1. The Kier molecular flexibility index (Phi) is 3.43. The first-order valence-electron chi connectivity index (χ1n) is 6.57. The number of anilines is 1. The molecule has 0 saturated carbocycles. The van der Waals surface area contributed by atoms with Crippen LogP contribution >= 0.6 is 0 Å². The maximum Gasteiger partial charge on any atom is 0.0579 e. The summed E-state index contributed by atoms with van der Waals surface area (Å²) in [7, 11) is 0. The number of rotatable bonds is 2. The van der Waals surface area contributed by atoms with Crippen LogP contribution in [0, 0.1) is 0 Å². The van der Waals surface area contributed by atoms with E-state index in [9.17, 15) is 5.11 Å². The van der Waals surface area contributed by atoms with E-state index in [2.05, 4.69) is 49.9 Å². The standard InChI is InChI=1S/C15H23NO/c1-4-12-5-7-13(8-6-12)16-10-9-14(17)11-15(16,2)3/h5-8,14,17H,4,9-11H2,1-3H3. The van der Waals surface area contributed by atoms with Gasteiger partial charge in [-0.15, -0.1) is 0 Å². The van der Waals surface area contributed by atoms with Crippen molar-refractivity contribution >= 4 is 5.69 Å². The summed E-state index contributed by atoms with van der Waals surface area (Å²) < 4.78 is 0. The van der Waals surface area contributed by atoms with Crippen molar-refractivity contribution in [2.75, 3.05) is 11.4 Å². The van der Waals surface area contributed by atoms with Crippen molar-refractivity contribution < 1.29 is 5.11 Å². The van der Waals surface area contributed by atoms with Gasteiger partial charge < -0.3 is 10.0 Å². The van der Waals surface area contributed by atoms with Crippen LogP contribution in [-0.2, 0) is 6.42 Å². The summed E-state index contributed by atoms with van der Waals surface area (Å²) >= 11 is 0. The number of nitrogens with zero attached hydrogens (tertiary/aromatic N) is 1. The van der Waals surface area contributed by atoms with Crippen LogP contribution in [0.2, 0.25) is 0 Å². The Morgan fingerprint density at radius 2 is 1.94 bits per heavy atom. The van der Waals surface area contributed by atoms with Gasteiger partial charge in [0.05, 0.1) is 6.10 Å². The van der Waals surface area contributed by atoms with Gasteiger partial charge in [-0.25, -0.2) is 0 Å². The first-order valence-corrected chi connectivity index (χ1v) is 6.57. The Hall–Kier alpha value is -1.02. The van der Waals surface area contributed by atoms with Crippen molar-refractivity contribution in [3.63, 3.8) is 0 Å². The molecule has 2 nitrogen and oxygen atoms in total. The molecule has 2 rings (SSSR count). The van der Waals surface area contributed by atoms with E-state index in [1.165, 1.54) is 11.3 Å². The van der Waals surface area contributed by atoms with Crippen molar-refractivity contribution in [1.82, 2.24) is 0 Å². The zero-order chi connectivity index (χ0) is 12.5. The van der Waals surface area contributed by atoms with Gasteiger partial charge in [0.25, 0.3) is 0 Å². The number of aliphatic hydroxyl groups excluding tert-OH is 1. The van der Waals surface area contributed by atoms with Gasteiger partial charge in [-0.3, -0.25) is 0 Å². The minimum Gasteiger partial charge on any atom is -0.393 e. The second kappa shape index (κ2) is 4.69. The van der Waals surface area contributed by atoms with E-state index >= 15 is 0 Å². The van der Waals surface area contributed by atoms with Crippen LogP contribution in [0.3, 0.4) is 0 Å². The van der Waals surface area contributed by atoms with Crippen LogP contribution in [0.15, 0.2) is 24.3 Å². The van der Waals surface area contributed by atoms with Gasteiger partial charge in [0.15, 0.2) is 0 Å². The topological polar surface area (TPSA) is 23.5 Å². The van der Waals surface area contributed by atoms with E-state index in [1.807, 2.05) is 0 Å². The smallest absolute Gasteiger partial charge is 0.0579 e. The molecule has 1 atom stereocenters. The van der Waals surface area contributed by atoms with Gasteiger partial charge in [0.1, 0.15) is 0 Å². The third kappa shape index (κ3) is 2.63. The first kappa shape index (κ1) is 12.4. The number of hydrogen-bond acceptors (Lipinski definition) is 2. The molecule has 17 heavy (non-hydrogen) atoms. The summed E-state index contributed by atoms with van der Waals surface area (Å²) in [6.45, 7) is 7.54. The highest BCUT2D eigenvalue weighted by Gasteiger charge is 2.33. The molecule has 1 saturated heterocycles. The van der Waals surface area contributed by atoms with Crippen LogP contribution < -0.4 is 4.90 Å². The van der Waals surface area contributed by atoms with Crippen LogP contribution in [0.25, 0.3) is 0 Å². The number of hydrogen-bond donors (Lipinski definition) is 1. The van der Waals surface area contributed by atoms with Crippen molar-refractivity contribution in [2.24, 2.45) is 0 Å². The summed E-state index contributed by atoms with van der Waals surface area (Å²) in [6, 6.07) is 8.82. The first-order chi connectivity index (χ1) is 8.03. The molecule has 94 valence electrons. The van der Waals surface area contributed by atoms with E-state index < -0.39 is 0 Å². The van der Waals surface area contributed by atoms with Crippen LogP contribution in [0.1, 0.15) is 39.2 Å². The summed E-state index contributed by atoms with van der Waals surface area (Å²) in [4.78, 5) is 2.42. The van der Waals surface area contributed by atoms with E-state index in [0.29, 0.717) is 0 Å². The zero-order valence-electron chi connectivity index (χ0n) is 11.1. The summed E-state index contributed by atoms with van der Waals surface area (Å²) in [5.41, 5.74) is 2.70. The lowest BCUT2D eigenvalue weighted by Gasteiger charge is -2.46. The van der Waals surface area contributed by atoms with Crippen molar-refractivity contribution in [3.8, 4) is 0 Å². The van der Waals surface area contributed by atoms with E-state index in [1.54, 1.807) is 0 Å². The average Bonchev–Trinajstić information content (AvgIpc) is 2.28. The molecule has 1 aliphatic rings. The van der Waals surface area contributed by atoms with Crippen molar-refractivity contribution in [3.05, 3.63) is 29.8 Å². The predicted octanol–water partition coefficient (Wildman–Crippen LogP) is 2.99. The molecule has 0 radical (unpaired) electrons. The fourth-order valence-corrected chi connectivity index (χ4v) is 2.76. The molecule has 0 aliphatic carbocycles. The summed E-state index contributed by atoms with van der Waals surface area (Å²) in [5.74, 6) is 0. The van der Waals surface area contributed by atoms with Gasteiger partial charge in [0, 0.05) is 17.8 Å². The Bertz CT molecular complexity index is 369. The summed E-state index contributed by atoms with van der Waals surface area (Å²) in [6.07, 6.45) is 2.67. The molecule has 2 heteroatoms. The Labute approximate surface area is 104 Å². The molecule has 1 aromatic rings.